The number of fused-ring (bicyclic) bond motifs is 1. The molecule has 0 radical (unpaired) electrons. The molecule has 0 heterocycles. The van der Waals surface area contributed by atoms with Gasteiger partial charge in [0.2, 0.25) is 0 Å². The van der Waals surface area contributed by atoms with Crippen molar-refractivity contribution in [3.05, 3.63) is 77.9 Å². The first-order valence-corrected chi connectivity index (χ1v) is 7.12. The van der Waals surface area contributed by atoms with Gasteiger partial charge < -0.3 is 9.84 Å². The molecule has 3 aromatic carbocycles. The van der Waals surface area contributed by atoms with Crippen molar-refractivity contribution in [3.8, 4) is 5.75 Å². The molecule has 2 heteroatoms. The van der Waals surface area contributed by atoms with Gasteiger partial charge >= 0.3 is 0 Å². The number of para-hydroxylation sites is 1. The molecule has 0 unspecified atom stereocenters. The molecule has 0 aliphatic heterocycles. The van der Waals surface area contributed by atoms with Crippen LogP contribution in [0.5, 0.6) is 5.75 Å². The summed E-state index contributed by atoms with van der Waals surface area (Å²) in [5, 5.41) is 12.2. The first kappa shape index (κ1) is 13.7. The van der Waals surface area contributed by atoms with Crippen LogP contribution in [0, 0.1) is 0 Å². The highest BCUT2D eigenvalue weighted by molar-refractivity contribution is 5.85. The van der Waals surface area contributed by atoms with E-state index in [1.54, 1.807) is 6.92 Å². The summed E-state index contributed by atoms with van der Waals surface area (Å²) >= 11 is 0. The average molecular weight is 278 g/mol. The molecule has 106 valence electrons. The van der Waals surface area contributed by atoms with Crippen LogP contribution >= 0.6 is 0 Å². The average Bonchev–Trinajstić information content (AvgIpc) is 2.53. The second kappa shape index (κ2) is 5.98. The first-order chi connectivity index (χ1) is 10.3. The van der Waals surface area contributed by atoms with Crippen LogP contribution in [0.3, 0.4) is 0 Å². The zero-order valence-corrected chi connectivity index (χ0v) is 12.0. The SMILES string of the molecule is C[C@H](O)c1ccccc1OCc1cccc2ccccc12. The van der Waals surface area contributed by atoms with Crippen molar-refractivity contribution in [2.24, 2.45) is 0 Å². The Morgan fingerprint density at radius 2 is 1.62 bits per heavy atom. The fourth-order valence-corrected chi connectivity index (χ4v) is 2.53. The highest BCUT2D eigenvalue weighted by Gasteiger charge is 2.09. The quantitative estimate of drug-likeness (QED) is 0.763. The van der Waals surface area contributed by atoms with E-state index in [0.29, 0.717) is 6.61 Å². The Balaban J connectivity index is 1.87. The third-order valence-corrected chi connectivity index (χ3v) is 3.63. The Labute approximate surface area is 124 Å². The van der Waals surface area contributed by atoms with E-state index >= 15 is 0 Å². The van der Waals surface area contributed by atoms with Crippen molar-refractivity contribution < 1.29 is 9.84 Å². The van der Waals surface area contributed by atoms with Crippen LogP contribution < -0.4 is 4.74 Å². The van der Waals surface area contributed by atoms with Crippen molar-refractivity contribution in [2.45, 2.75) is 19.6 Å². The highest BCUT2D eigenvalue weighted by Crippen LogP contribution is 2.26. The lowest BCUT2D eigenvalue weighted by atomic mass is 10.1. The Kier molecular flexibility index (Phi) is 3.89. The van der Waals surface area contributed by atoms with Gasteiger partial charge in [-0.2, -0.15) is 0 Å². The summed E-state index contributed by atoms with van der Waals surface area (Å²) in [5.41, 5.74) is 1.96. The van der Waals surface area contributed by atoms with Crippen LogP contribution in [0.1, 0.15) is 24.2 Å². The number of benzene rings is 3. The summed E-state index contributed by atoms with van der Waals surface area (Å²) in [7, 11) is 0. The van der Waals surface area contributed by atoms with Gasteiger partial charge in [0.25, 0.3) is 0 Å². The van der Waals surface area contributed by atoms with Crippen molar-refractivity contribution in [2.75, 3.05) is 0 Å². The topological polar surface area (TPSA) is 29.5 Å². The maximum Gasteiger partial charge on any atom is 0.125 e. The Morgan fingerprint density at radius 3 is 2.48 bits per heavy atom. The van der Waals surface area contributed by atoms with Gasteiger partial charge in [0.1, 0.15) is 12.4 Å². The van der Waals surface area contributed by atoms with Gasteiger partial charge in [-0.1, -0.05) is 60.7 Å². The van der Waals surface area contributed by atoms with E-state index in [1.807, 2.05) is 42.5 Å². The van der Waals surface area contributed by atoms with E-state index < -0.39 is 6.10 Å². The molecule has 21 heavy (non-hydrogen) atoms. The lowest BCUT2D eigenvalue weighted by Gasteiger charge is -2.14. The third-order valence-electron chi connectivity index (χ3n) is 3.63. The minimum Gasteiger partial charge on any atom is -0.489 e. The molecule has 0 aliphatic carbocycles. The summed E-state index contributed by atoms with van der Waals surface area (Å²) < 4.78 is 5.93. The smallest absolute Gasteiger partial charge is 0.125 e. The summed E-state index contributed by atoms with van der Waals surface area (Å²) in [6.45, 7) is 2.24. The van der Waals surface area contributed by atoms with E-state index in [1.165, 1.54) is 10.8 Å². The predicted molar refractivity (Wildman–Crippen MR) is 85.4 cm³/mol. The molecule has 0 amide bonds. The number of ether oxygens (including phenoxy) is 1. The van der Waals surface area contributed by atoms with Crippen LogP contribution in [0.15, 0.2) is 66.7 Å². The molecule has 1 N–H and O–H groups in total. The fourth-order valence-electron chi connectivity index (χ4n) is 2.53. The first-order valence-electron chi connectivity index (χ1n) is 7.12. The minimum atomic E-state index is -0.534. The van der Waals surface area contributed by atoms with E-state index in [-0.39, 0.29) is 0 Å². The van der Waals surface area contributed by atoms with Crippen LogP contribution in [-0.4, -0.2) is 5.11 Å². The van der Waals surface area contributed by atoms with Crippen molar-refractivity contribution in [1.29, 1.82) is 0 Å². The molecule has 0 fully saturated rings. The predicted octanol–water partition coefficient (Wildman–Crippen LogP) is 4.47. The molecule has 1 atom stereocenters. The standard InChI is InChI=1S/C19H18O2/c1-14(20)17-10-4-5-12-19(17)21-13-16-9-6-8-15-7-2-3-11-18(15)16/h2-12,14,20H,13H2,1H3/t14-/m0/s1. The molecule has 3 rings (SSSR count). The minimum absolute atomic E-state index is 0.491. The second-order valence-electron chi connectivity index (χ2n) is 5.14. The van der Waals surface area contributed by atoms with Gasteiger partial charge in [-0.05, 0) is 29.3 Å². The number of rotatable bonds is 4. The van der Waals surface area contributed by atoms with E-state index in [4.69, 9.17) is 4.74 Å². The Hall–Kier alpha value is -2.32. The fraction of sp³-hybridized carbons (Fsp3) is 0.158. The molecule has 0 aromatic heterocycles. The van der Waals surface area contributed by atoms with E-state index in [2.05, 4.69) is 24.3 Å². The van der Waals surface area contributed by atoms with Crippen LogP contribution in [0.25, 0.3) is 10.8 Å². The second-order valence-corrected chi connectivity index (χ2v) is 5.14. The van der Waals surface area contributed by atoms with Crippen LogP contribution in [-0.2, 0) is 6.61 Å². The number of aliphatic hydroxyl groups is 1. The summed E-state index contributed by atoms with van der Waals surface area (Å²) in [6, 6.07) is 22.1. The Morgan fingerprint density at radius 1 is 0.905 bits per heavy atom. The summed E-state index contributed by atoms with van der Waals surface area (Å²) in [4.78, 5) is 0. The van der Waals surface area contributed by atoms with Gasteiger partial charge in [0.05, 0.1) is 6.10 Å². The monoisotopic (exact) mass is 278 g/mol. The van der Waals surface area contributed by atoms with Crippen LogP contribution in [0.4, 0.5) is 0 Å². The molecular formula is C19H18O2. The lowest BCUT2D eigenvalue weighted by molar-refractivity contribution is 0.190. The largest absolute Gasteiger partial charge is 0.489 e. The number of hydrogen-bond donors (Lipinski definition) is 1. The van der Waals surface area contributed by atoms with Gasteiger partial charge in [0, 0.05) is 5.56 Å². The normalized spacial score (nSPS) is 12.3. The molecular weight excluding hydrogens is 260 g/mol. The van der Waals surface area contributed by atoms with Gasteiger partial charge in [-0.15, -0.1) is 0 Å². The molecule has 0 saturated heterocycles. The summed E-state index contributed by atoms with van der Waals surface area (Å²) in [6.07, 6.45) is -0.534. The molecule has 0 saturated carbocycles. The van der Waals surface area contributed by atoms with Gasteiger partial charge in [-0.25, -0.2) is 0 Å². The van der Waals surface area contributed by atoms with Crippen LogP contribution in [0.2, 0.25) is 0 Å². The van der Waals surface area contributed by atoms with E-state index in [9.17, 15) is 5.11 Å². The highest BCUT2D eigenvalue weighted by atomic mass is 16.5. The van der Waals surface area contributed by atoms with E-state index in [0.717, 1.165) is 16.9 Å². The van der Waals surface area contributed by atoms with Gasteiger partial charge in [0.15, 0.2) is 0 Å². The lowest BCUT2D eigenvalue weighted by Crippen LogP contribution is -2.01. The zero-order valence-electron chi connectivity index (χ0n) is 12.0. The maximum absolute atomic E-state index is 9.79. The molecule has 0 aliphatic rings. The molecule has 0 spiro atoms. The number of hydrogen-bond acceptors (Lipinski definition) is 2. The zero-order chi connectivity index (χ0) is 14.7. The van der Waals surface area contributed by atoms with Gasteiger partial charge in [-0.3, -0.25) is 0 Å². The Bertz CT molecular complexity index is 742. The van der Waals surface area contributed by atoms with Crippen molar-refractivity contribution in [3.63, 3.8) is 0 Å². The molecule has 2 nitrogen and oxygen atoms in total. The molecule has 0 bridgehead atoms. The third kappa shape index (κ3) is 2.91. The van der Waals surface area contributed by atoms with Crippen molar-refractivity contribution >= 4 is 10.8 Å². The van der Waals surface area contributed by atoms with Crippen molar-refractivity contribution in [1.82, 2.24) is 0 Å². The number of aliphatic hydroxyl groups excluding tert-OH is 1. The maximum atomic E-state index is 9.79. The molecule has 3 aromatic rings. The summed E-state index contributed by atoms with van der Waals surface area (Å²) in [5.74, 6) is 0.737.